The van der Waals surface area contributed by atoms with Gasteiger partial charge in [-0.15, -0.1) is 0 Å². The molecule has 1 aliphatic rings. The van der Waals surface area contributed by atoms with Crippen molar-refractivity contribution in [3.8, 4) is 16.3 Å². The van der Waals surface area contributed by atoms with E-state index in [-0.39, 0.29) is 17.4 Å². The Kier molecular flexibility index (Phi) is 3.95. The fourth-order valence-electron chi connectivity index (χ4n) is 3.89. The standard InChI is InChI=1S/C19H20N6O2S/c1-10-14-11(8-24(2)23-14)7-13(16(10)26)17-22-15-18(28-17)21-9-25(19(15)27)12-3-5-20-6-4-12/h7-9,12,20,26H,3-6H2,1-2H3. The molecule has 5 rings (SSSR count). The average Bonchev–Trinajstić information content (AvgIpc) is 3.29. The molecule has 1 aliphatic heterocycles. The quantitative estimate of drug-likeness (QED) is 0.540. The van der Waals surface area contributed by atoms with Crippen LogP contribution in [0.25, 0.3) is 31.8 Å². The average molecular weight is 396 g/mol. The Bertz CT molecular complexity index is 1270. The number of rotatable bonds is 2. The maximum atomic E-state index is 13.0. The number of nitrogens with one attached hydrogen (secondary N) is 1. The Morgan fingerprint density at radius 3 is 2.86 bits per heavy atom. The van der Waals surface area contributed by atoms with Gasteiger partial charge in [-0.2, -0.15) is 5.10 Å². The van der Waals surface area contributed by atoms with Crippen LogP contribution >= 0.6 is 11.3 Å². The molecule has 0 radical (unpaired) electrons. The molecule has 1 fully saturated rings. The van der Waals surface area contributed by atoms with E-state index in [1.165, 1.54) is 11.3 Å². The molecule has 4 heterocycles. The Labute approximate surface area is 164 Å². The summed E-state index contributed by atoms with van der Waals surface area (Å²) in [6, 6.07) is 2.02. The summed E-state index contributed by atoms with van der Waals surface area (Å²) in [7, 11) is 1.85. The molecule has 0 bridgehead atoms. The number of thiazole rings is 1. The SMILES string of the molecule is Cc1c(O)c(-c2nc3c(=O)n(C4CCNCC4)cnc3s2)cc2cn(C)nc12. The van der Waals surface area contributed by atoms with Gasteiger partial charge in [-0.25, -0.2) is 9.97 Å². The minimum Gasteiger partial charge on any atom is -0.507 e. The summed E-state index contributed by atoms with van der Waals surface area (Å²) in [6.07, 6.45) is 5.35. The van der Waals surface area contributed by atoms with E-state index < -0.39 is 0 Å². The summed E-state index contributed by atoms with van der Waals surface area (Å²) in [5.41, 5.74) is 2.32. The molecular weight excluding hydrogens is 376 g/mol. The van der Waals surface area contributed by atoms with Crippen molar-refractivity contribution >= 4 is 32.6 Å². The van der Waals surface area contributed by atoms with Gasteiger partial charge in [0.25, 0.3) is 5.56 Å². The number of hydrogen-bond donors (Lipinski definition) is 2. The number of phenols is 1. The molecule has 2 N–H and O–H groups in total. The van der Waals surface area contributed by atoms with Crippen LogP contribution in [0.5, 0.6) is 5.75 Å². The van der Waals surface area contributed by atoms with Gasteiger partial charge in [0.15, 0.2) is 10.3 Å². The summed E-state index contributed by atoms with van der Waals surface area (Å²) in [5, 5.41) is 19.9. The second kappa shape index (κ2) is 6.39. The fraction of sp³-hybridized carbons (Fsp3) is 0.368. The van der Waals surface area contributed by atoms with E-state index in [1.54, 1.807) is 15.6 Å². The number of piperidine rings is 1. The van der Waals surface area contributed by atoms with Crippen LogP contribution in [0.2, 0.25) is 0 Å². The molecule has 9 heteroatoms. The Balaban J connectivity index is 1.66. The first kappa shape index (κ1) is 17.3. The van der Waals surface area contributed by atoms with Gasteiger partial charge in [-0.05, 0) is 38.9 Å². The van der Waals surface area contributed by atoms with Crippen molar-refractivity contribution in [2.24, 2.45) is 7.05 Å². The number of phenolic OH excluding ortho intramolecular Hbond substituents is 1. The summed E-state index contributed by atoms with van der Waals surface area (Å²) in [6.45, 7) is 3.63. The first-order chi connectivity index (χ1) is 13.5. The number of aryl methyl sites for hydroxylation is 2. The van der Waals surface area contributed by atoms with E-state index in [0.717, 1.165) is 36.8 Å². The topological polar surface area (TPSA) is 97.9 Å². The number of nitrogens with zero attached hydrogens (tertiary/aromatic N) is 5. The van der Waals surface area contributed by atoms with Gasteiger partial charge >= 0.3 is 0 Å². The third kappa shape index (κ3) is 2.61. The lowest BCUT2D eigenvalue weighted by Crippen LogP contribution is -2.34. The monoisotopic (exact) mass is 396 g/mol. The van der Waals surface area contributed by atoms with Gasteiger partial charge in [0.05, 0.1) is 17.4 Å². The molecule has 1 saturated heterocycles. The van der Waals surface area contributed by atoms with Crippen molar-refractivity contribution < 1.29 is 5.11 Å². The van der Waals surface area contributed by atoms with Crippen molar-refractivity contribution in [3.05, 3.63) is 34.5 Å². The van der Waals surface area contributed by atoms with E-state index in [9.17, 15) is 9.90 Å². The fourth-order valence-corrected chi connectivity index (χ4v) is 4.81. The highest BCUT2D eigenvalue weighted by atomic mass is 32.1. The van der Waals surface area contributed by atoms with Crippen molar-refractivity contribution in [2.75, 3.05) is 13.1 Å². The number of aromatic hydroxyl groups is 1. The molecule has 0 atom stereocenters. The van der Waals surface area contributed by atoms with Crippen LogP contribution in [-0.2, 0) is 7.05 Å². The summed E-state index contributed by atoms with van der Waals surface area (Å²) < 4.78 is 3.43. The molecule has 0 saturated carbocycles. The summed E-state index contributed by atoms with van der Waals surface area (Å²) in [5.74, 6) is 0.143. The maximum absolute atomic E-state index is 13.0. The lowest BCUT2D eigenvalue weighted by molar-refractivity contribution is 0.359. The van der Waals surface area contributed by atoms with Crippen LogP contribution < -0.4 is 10.9 Å². The molecule has 144 valence electrons. The van der Waals surface area contributed by atoms with Gasteiger partial charge < -0.3 is 10.4 Å². The molecule has 4 aromatic rings. The molecule has 28 heavy (non-hydrogen) atoms. The molecule has 0 unspecified atom stereocenters. The van der Waals surface area contributed by atoms with Crippen LogP contribution in [0, 0.1) is 6.92 Å². The lowest BCUT2D eigenvalue weighted by atomic mass is 10.1. The zero-order chi connectivity index (χ0) is 19.4. The molecule has 0 spiro atoms. The van der Waals surface area contributed by atoms with Crippen LogP contribution in [0.15, 0.2) is 23.4 Å². The minimum absolute atomic E-state index is 0.113. The van der Waals surface area contributed by atoms with Gasteiger partial charge in [0.1, 0.15) is 10.8 Å². The smallest absolute Gasteiger partial charge is 0.281 e. The predicted octanol–water partition coefficient (Wildman–Crippen LogP) is 2.35. The summed E-state index contributed by atoms with van der Waals surface area (Å²) >= 11 is 1.32. The van der Waals surface area contributed by atoms with Crippen LogP contribution in [-0.4, -0.2) is 42.5 Å². The predicted molar refractivity (Wildman–Crippen MR) is 109 cm³/mol. The molecule has 3 aromatic heterocycles. The highest BCUT2D eigenvalue weighted by Crippen LogP contribution is 2.39. The van der Waals surface area contributed by atoms with Crippen molar-refractivity contribution in [3.63, 3.8) is 0 Å². The number of fused-ring (bicyclic) bond motifs is 2. The highest BCUT2D eigenvalue weighted by molar-refractivity contribution is 7.21. The van der Waals surface area contributed by atoms with Crippen LogP contribution in [0.3, 0.4) is 0 Å². The maximum Gasteiger partial charge on any atom is 0.281 e. The second-order valence-corrected chi connectivity index (χ2v) is 8.23. The largest absolute Gasteiger partial charge is 0.507 e. The van der Waals surface area contributed by atoms with Crippen molar-refractivity contribution in [1.82, 2.24) is 29.6 Å². The Morgan fingerprint density at radius 2 is 2.07 bits per heavy atom. The zero-order valence-electron chi connectivity index (χ0n) is 15.6. The number of aromatic nitrogens is 5. The molecular formula is C19H20N6O2S. The number of hydrogen-bond acceptors (Lipinski definition) is 7. The van der Waals surface area contributed by atoms with E-state index >= 15 is 0 Å². The Hall–Kier alpha value is -2.78. The lowest BCUT2D eigenvalue weighted by Gasteiger charge is -2.24. The van der Waals surface area contributed by atoms with Crippen molar-refractivity contribution in [1.29, 1.82) is 0 Å². The van der Waals surface area contributed by atoms with Gasteiger partial charge in [0.2, 0.25) is 0 Å². The number of benzene rings is 1. The first-order valence-electron chi connectivity index (χ1n) is 9.27. The third-order valence-corrected chi connectivity index (χ3v) is 6.40. The molecule has 0 aliphatic carbocycles. The van der Waals surface area contributed by atoms with Gasteiger partial charge in [-0.3, -0.25) is 14.0 Å². The second-order valence-electron chi connectivity index (χ2n) is 7.25. The minimum atomic E-state index is -0.113. The third-order valence-electron chi connectivity index (χ3n) is 5.40. The van der Waals surface area contributed by atoms with Crippen LogP contribution in [0.4, 0.5) is 0 Å². The molecule has 8 nitrogen and oxygen atoms in total. The molecule has 0 amide bonds. The van der Waals surface area contributed by atoms with E-state index in [0.29, 0.717) is 26.5 Å². The van der Waals surface area contributed by atoms with Gasteiger partial charge in [-0.1, -0.05) is 11.3 Å². The molecule has 1 aromatic carbocycles. The van der Waals surface area contributed by atoms with E-state index in [1.807, 2.05) is 26.2 Å². The normalized spacial score (nSPS) is 15.6. The van der Waals surface area contributed by atoms with E-state index in [2.05, 4.69) is 20.4 Å². The highest BCUT2D eigenvalue weighted by Gasteiger charge is 2.21. The summed E-state index contributed by atoms with van der Waals surface area (Å²) in [4.78, 5) is 22.7. The van der Waals surface area contributed by atoms with Crippen molar-refractivity contribution in [2.45, 2.75) is 25.8 Å². The van der Waals surface area contributed by atoms with Gasteiger partial charge in [0, 0.05) is 30.2 Å². The zero-order valence-corrected chi connectivity index (χ0v) is 16.5. The van der Waals surface area contributed by atoms with Crippen LogP contribution in [0.1, 0.15) is 24.4 Å². The Morgan fingerprint density at radius 1 is 1.29 bits per heavy atom. The van der Waals surface area contributed by atoms with E-state index in [4.69, 9.17) is 0 Å². The first-order valence-corrected chi connectivity index (χ1v) is 10.1.